The fraction of sp³-hybridized carbons (Fsp3) is 0.294. The lowest BCUT2D eigenvalue weighted by Gasteiger charge is -2.28. The van der Waals surface area contributed by atoms with Crippen molar-refractivity contribution in [2.45, 2.75) is 25.1 Å². The molecule has 2 rings (SSSR count). The molecule has 7 nitrogen and oxygen atoms in total. The monoisotopic (exact) mass is 400 g/mol. The standard InChI is InChI=1S/C17H21O7PS/c1-13-7-9-15(10-8-13)24-16(11-14-5-3-2-4-6-14)17(25(18,19)20)12-26(21,22)23/h2-10,16-17H,11-12H2,1H3,(H2,18,19,20)(H,21,22,23). The predicted molar refractivity (Wildman–Crippen MR) is 98.0 cm³/mol. The molecule has 9 heteroatoms. The number of rotatable bonds is 8. The van der Waals surface area contributed by atoms with Crippen LogP contribution in [0.2, 0.25) is 0 Å². The normalized spacial score (nSPS) is 14.6. The summed E-state index contributed by atoms with van der Waals surface area (Å²) in [4.78, 5) is 19.3. The van der Waals surface area contributed by atoms with Gasteiger partial charge in [-0.05, 0) is 24.6 Å². The van der Waals surface area contributed by atoms with Gasteiger partial charge in [-0.25, -0.2) is 0 Å². The summed E-state index contributed by atoms with van der Waals surface area (Å²) < 4.78 is 49.4. The smallest absolute Gasteiger partial charge is 0.333 e. The Hall–Kier alpha value is -1.70. The van der Waals surface area contributed by atoms with Crippen molar-refractivity contribution in [2.75, 3.05) is 5.75 Å². The van der Waals surface area contributed by atoms with Crippen LogP contribution in [0.4, 0.5) is 0 Å². The average Bonchev–Trinajstić information content (AvgIpc) is 2.53. The molecule has 2 atom stereocenters. The molecule has 142 valence electrons. The maximum Gasteiger partial charge on any atom is 0.333 e. The highest BCUT2D eigenvalue weighted by atomic mass is 32.2. The fourth-order valence-electron chi connectivity index (χ4n) is 2.53. The van der Waals surface area contributed by atoms with Crippen LogP contribution >= 0.6 is 7.60 Å². The maximum absolute atomic E-state index is 11.9. The zero-order valence-corrected chi connectivity index (χ0v) is 15.8. The summed E-state index contributed by atoms with van der Waals surface area (Å²) in [7, 11) is -9.49. The van der Waals surface area contributed by atoms with Gasteiger partial charge >= 0.3 is 7.60 Å². The lowest BCUT2D eigenvalue weighted by molar-refractivity contribution is 0.186. The highest BCUT2D eigenvalue weighted by molar-refractivity contribution is 7.86. The molecule has 0 bridgehead atoms. The van der Waals surface area contributed by atoms with E-state index in [1.807, 2.05) is 6.92 Å². The third kappa shape index (κ3) is 6.55. The van der Waals surface area contributed by atoms with Gasteiger partial charge in [0.15, 0.2) is 0 Å². The van der Waals surface area contributed by atoms with Crippen molar-refractivity contribution in [1.29, 1.82) is 0 Å². The van der Waals surface area contributed by atoms with Crippen LogP contribution in [0.15, 0.2) is 54.6 Å². The van der Waals surface area contributed by atoms with Crippen LogP contribution < -0.4 is 4.74 Å². The molecule has 2 aromatic carbocycles. The molecule has 0 saturated carbocycles. The van der Waals surface area contributed by atoms with E-state index in [1.165, 1.54) is 0 Å². The Morgan fingerprint density at radius 1 is 1.04 bits per heavy atom. The fourth-order valence-corrected chi connectivity index (χ4v) is 5.12. The SMILES string of the molecule is Cc1ccc(OC(Cc2ccccc2)C(CS(=O)(=O)O)P(=O)(O)O)cc1. The van der Waals surface area contributed by atoms with Gasteiger partial charge < -0.3 is 14.5 Å². The van der Waals surface area contributed by atoms with Crippen molar-refractivity contribution in [3.63, 3.8) is 0 Å². The van der Waals surface area contributed by atoms with E-state index in [9.17, 15) is 22.8 Å². The van der Waals surface area contributed by atoms with Gasteiger partial charge in [0.2, 0.25) is 0 Å². The Morgan fingerprint density at radius 2 is 1.62 bits per heavy atom. The van der Waals surface area contributed by atoms with E-state index in [2.05, 4.69) is 0 Å². The van der Waals surface area contributed by atoms with Crippen molar-refractivity contribution in [3.8, 4) is 5.75 Å². The molecule has 0 amide bonds. The molecule has 3 N–H and O–H groups in total. The summed E-state index contributed by atoms with van der Waals surface area (Å²) >= 11 is 0. The molecule has 2 unspecified atom stereocenters. The topological polar surface area (TPSA) is 121 Å². The molecule has 0 heterocycles. The van der Waals surface area contributed by atoms with Gasteiger partial charge in [0.05, 0.1) is 5.75 Å². The van der Waals surface area contributed by atoms with E-state index in [-0.39, 0.29) is 6.42 Å². The van der Waals surface area contributed by atoms with Crippen molar-refractivity contribution in [2.24, 2.45) is 0 Å². The Morgan fingerprint density at radius 3 is 2.12 bits per heavy atom. The van der Waals surface area contributed by atoms with Crippen LogP contribution in [0.5, 0.6) is 5.75 Å². The van der Waals surface area contributed by atoms with Crippen LogP contribution in [0.1, 0.15) is 11.1 Å². The minimum atomic E-state index is -4.88. The van der Waals surface area contributed by atoms with Crippen LogP contribution in [0.3, 0.4) is 0 Å². The Labute approximate surface area is 152 Å². The molecule has 26 heavy (non-hydrogen) atoms. The van der Waals surface area contributed by atoms with E-state index in [0.29, 0.717) is 5.75 Å². The Kier molecular flexibility index (Phi) is 6.60. The molecule has 0 aliphatic carbocycles. The van der Waals surface area contributed by atoms with Gasteiger partial charge in [-0.15, -0.1) is 0 Å². The van der Waals surface area contributed by atoms with Gasteiger partial charge in [0.25, 0.3) is 10.1 Å². The highest BCUT2D eigenvalue weighted by Gasteiger charge is 2.41. The predicted octanol–water partition coefficient (Wildman–Crippen LogP) is 2.42. The second kappa shape index (κ2) is 8.33. The van der Waals surface area contributed by atoms with Gasteiger partial charge in [-0.1, -0.05) is 48.0 Å². The van der Waals surface area contributed by atoms with E-state index in [4.69, 9.17) is 9.29 Å². The van der Waals surface area contributed by atoms with Gasteiger partial charge in [0.1, 0.15) is 17.5 Å². The minimum absolute atomic E-state index is 0.0695. The number of benzene rings is 2. The van der Waals surface area contributed by atoms with Crippen molar-refractivity contribution < 1.29 is 32.1 Å². The van der Waals surface area contributed by atoms with E-state index in [1.54, 1.807) is 54.6 Å². The summed E-state index contributed by atoms with van der Waals surface area (Å²) in [5, 5.41) is 0. The maximum atomic E-state index is 11.9. The van der Waals surface area contributed by atoms with E-state index >= 15 is 0 Å². The summed E-state index contributed by atoms with van der Waals surface area (Å²) in [5.74, 6) is -0.744. The molecule has 2 aromatic rings. The second-order valence-electron chi connectivity index (χ2n) is 6.06. The molecule has 0 radical (unpaired) electrons. The average molecular weight is 400 g/mol. The van der Waals surface area contributed by atoms with Gasteiger partial charge in [-0.3, -0.25) is 9.12 Å². The molecule has 0 spiro atoms. The summed E-state index contributed by atoms with van der Waals surface area (Å²) in [6, 6.07) is 15.6. The first kappa shape index (κ1) is 20.6. The number of hydrogen-bond acceptors (Lipinski definition) is 4. The third-order valence-corrected chi connectivity index (χ3v) is 6.24. The minimum Gasteiger partial charge on any atom is -0.489 e. The molecular weight excluding hydrogens is 379 g/mol. The summed E-state index contributed by atoms with van der Waals surface area (Å²) in [6.45, 7) is 1.88. The van der Waals surface area contributed by atoms with E-state index < -0.39 is 35.2 Å². The zero-order valence-electron chi connectivity index (χ0n) is 14.1. The lowest BCUT2D eigenvalue weighted by Crippen LogP contribution is -2.38. The number of ether oxygens (including phenoxy) is 1. The second-order valence-corrected chi connectivity index (χ2v) is 9.40. The van der Waals surface area contributed by atoms with Crippen LogP contribution in [-0.2, 0) is 21.1 Å². The van der Waals surface area contributed by atoms with Gasteiger partial charge in [0, 0.05) is 6.42 Å². The van der Waals surface area contributed by atoms with Gasteiger partial charge in [-0.2, -0.15) is 8.42 Å². The van der Waals surface area contributed by atoms with Crippen molar-refractivity contribution in [3.05, 3.63) is 65.7 Å². The molecule has 0 fully saturated rings. The Bertz CT molecular complexity index is 860. The number of aryl methyl sites for hydroxylation is 1. The first-order valence-corrected chi connectivity index (χ1v) is 11.1. The number of hydrogen-bond donors (Lipinski definition) is 3. The quantitative estimate of drug-likeness (QED) is 0.460. The first-order chi connectivity index (χ1) is 12.0. The summed E-state index contributed by atoms with van der Waals surface area (Å²) in [5.41, 5.74) is -0.0150. The molecular formula is C17H21O7PS. The van der Waals surface area contributed by atoms with Crippen LogP contribution in [-0.4, -0.2) is 40.3 Å². The molecule has 0 aliphatic rings. The Balaban J connectivity index is 2.38. The largest absolute Gasteiger partial charge is 0.489 e. The zero-order chi connectivity index (χ0) is 19.4. The first-order valence-electron chi connectivity index (χ1n) is 7.82. The molecule has 0 aliphatic heterocycles. The summed E-state index contributed by atoms with van der Waals surface area (Å²) in [6.07, 6.45) is -1.08. The van der Waals surface area contributed by atoms with Crippen molar-refractivity contribution in [1.82, 2.24) is 0 Å². The molecule has 0 saturated heterocycles. The lowest BCUT2D eigenvalue weighted by atomic mass is 10.1. The third-order valence-electron chi connectivity index (χ3n) is 3.83. The van der Waals surface area contributed by atoms with E-state index in [0.717, 1.165) is 11.1 Å². The van der Waals surface area contributed by atoms with Crippen molar-refractivity contribution >= 4 is 17.7 Å². The molecule has 0 aromatic heterocycles. The van der Waals surface area contributed by atoms with Crippen LogP contribution in [0, 0.1) is 6.92 Å². The highest BCUT2D eigenvalue weighted by Crippen LogP contribution is 2.45. The van der Waals surface area contributed by atoms with Crippen LogP contribution in [0.25, 0.3) is 0 Å².